The number of aromatic nitrogens is 2. The molecule has 0 saturated heterocycles. The number of hydrogen-bond acceptors (Lipinski definition) is 2. The molecule has 0 atom stereocenters. The molecule has 1 aromatic heterocycles. The van der Waals surface area contributed by atoms with Crippen molar-refractivity contribution in [3.8, 4) is 5.69 Å². The number of alkyl halides is 6. The van der Waals surface area contributed by atoms with Gasteiger partial charge >= 0.3 is 12.4 Å². The first-order valence-electron chi connectivity index (χ1n) is 8.32. The Balaban J connectivity index is 2.74. The zero-order chi connectivity index (χ0) is 21.5. The number of hydrogen-bond donors (Lipinski definition) is 0. The Bertz CT molecular complexity index is 861. The molecule has 2 aromatic rings. The lowest BCUT2D eigenvalue weighted by Gasteiger charge is -2.34. The van der Waals surface area contributed by atoms with Gasteiger partial charge in [-0.3, -0.25) is 9.36 Å². The fraction of sp³-hybridized carbons (Fsp3) is 0.444. The quantitative estimate of drug-likeness (QED) is 0.659. The van der Waals surface area contributed by atoms with Gasteiger partial charge < -0.3 is 4.90 Å². The molecule has 0 N–H and O–H groups in total. The molecule has 0 bridgehead atoms. The van der Waals surface area contributed by atoms with Gasteiger partial charge in [0, 0.05) is 12.1 Å². The molecular formula is C18H19F6N3O. The van der Waals surface area contributed by atoms with E-state index in [9.17, 15) is 31.1 Å². The minimum absolute atomic E-state index is 0.103. The number of rotatable bonds is 3. The summed E-state index contributed by atoms with van der Waals surface area (Å²) < 4.78 is 81.4. The van der Waals surface area contributed by atoms with Crippen LogP contribution in [0.15, 0.2) is 30.6 Å². The van der Waals surface area contributed by atoms with Crippen molar-refractivity contribution in [2.75, 3.05) is 6.54 Å². The Morgan fingerprint density at radius 3 is 2.07 bits per heavy atom. The zero-order valence-corrected chi connectivity index (χ0v) is 15.6. The normalized spacial score (nSPS) is 12.9. The lowest BCUT2D eigenvalue weighted by Crippen LogP contribution is -2.46. The van der Waals surface area contributed by atoms with Crippen LogP contribution in [0.1, 0.15) is 49.4 Å². The Labute approximate surface area is 157 Å². The monoisotopic (exact) mass is 407 g/mol. The molecule has 10 heteroatoms. The van der Waals surface area contributed by atoms with E-state index >= 15 is 0 Å². The number of carbonyl (C=O) groups is 1. The van der Waals surface area contributed by atoms with Gasteiger partial charge in [-0.1, -0.05) is 12.1 Å². The van der Waals surface area contributed by atoms with Crippen LogP contribution in [-0.4, -0.2) is 32.4 Å². The highest BCUT2D eigenvalue weighted by atomic mass is 19.4. The van der Waals surface area contributed by atoms with Crippen LogP contribution in [-0.2, 0) is 12.4 Å². The van der Waals surface area contributed by atoms with Gasteiger partial charge in [-0.2, -0.15) is 26.3 Å². The number of carbonyl (C=O) groups excluding carboxylic acids is 1. The van der Waals surface area contributed by atoms with Crippen LogP contribution in [0.3, 0.4) is 0 Å². The van der Waals surface area contributed by atoms with E-state index in [4.69, 9.17) is 0 Å². The van der Waals surface area contributed by atoms with Crippen molar-refractivity contribution >= 4 is 5.91 Å². The van der Waals surface area contributed by atoms with Gasteiger partial charge in [0.15, 0.2) is 11.4 Å². The molecule has 154 valence electrons. The number of benzene rings is 1. The molecule has 2 rings (SSSR count). The summed E-state index contributed by atoms with van der Waals surface area (Å²) >= 11 is 0. The predicted molar refractivity (Wildman–Crippen MR) is 90.0 cm³/mol. The average molecular weight is 407 g/mol. The van der Waals surface area contributed by atoms with E-state index in [1.165, 1.54) is 11.0 Å². The van der Waals surface area contributed by atoms with Gasteiger partial charge in [0.25, 0.3) is 5.91 Å². The summed E-state index contributed by atoms with van der Waals surface area (Å²) in [5.74, 6) is -1.01. The van der Waals surface area contributed by atoms with Crippen LogP contribution in [0.4, 0.5) is 26.3 Å². The second-order valence-electron chi connectivity index (χ2n) is 7.04. The van der Waals surface area contributed by atoms with Gasteiger partial charge in [-0.15, -0.1) is 0 Å². The summed E-state index contributed by atoms with van der Waals surface area (Å²) in [6.45, 7) is 6.60. The molecule has 0 aliphatic heterocycles. The first-order valence-corrected chi connectivity index (χ1v) is 8.32. The number of halogens is 6. The molecule has 28 heavy (non-hydrogen) atoms. The third-order valence-electron chi connectivity index (χ3n) is 4.08. The Hall–Kier alpha value is -2.52. The molecular weight excluding hydrogens is 388 g/mol. The lowest BCUT2D eigenvalue weighted by molar-refractivity contribution is -0.144. The maximum absolute atomic E-state index is 13.8. The fourth-order valence-electron chi connectivity index (χ4n) is 2.93. The molecule has 0 fully saturated rings. The Morgan fingerprint density at radius 2 is 1.61 bits per heavy atom. The van der Waals surface area contributed by atoms with E-state index in [2.05, 4.69) is 4.98 Å². The van der Waals surface area contributed by atoms with Crippen molar-refractivity contribution in [1.82, 2.24) is 14.5 Å². The predicted octanol–water partition coefficient (Wildman–Crippen LogP) is 5.17. The summed E-state index contributed by atoms with van der Waals surface area (Å²) in [5.41, 5.74) is -5.31. The van der Waals surface area contributed by atoms with Crippen LogP contribution in [0.25, 0.3) is 5.69 Å². The molecule has 1 heterocycles. The second-order valence-corrected chi connectivity index (χ2v) is 7.04. The number of nitrogens with zero attached hydrogens (tertiary/aromatic N) is 3. The lowest BCUT2D eigenvalue weighted by atomic mass is 10.0. The topological polar surface area (TPSA) is 38.1 Å². The molecule has 1 amide bonds. The molecule has 0 spiro atoms. The number of imidazole rings is 1. The van der Waals surface area contributed by atoms with Gasteiger partial charge in [0.2, 0.25) is 0 Å². The van der Waals surface area contributed by atoms with Gasteiger partial charge in [0.05, 0.1) is 11.3 Å². The van der Waals surface area contributed by atoms with Crippen molar-refractivity contribution < 1.29 is 31.1 Å². The second kappa shape index (κ2) is 7.14. The Morgan fingerprint density at radius 1 is 1.04 bits per heavy atom. The van der Waals surface area contributed by atoms with E-state index in [0.717, 1.165) is 12.1 Å². The first kappa shape index (κ1) is 21.8. The summed E-state index contributed by atoms with van der Waals surface area (Å²) in [6.07, 6.45) is -9.39. The van der Waals surface area contributed by atoms with E-state index in [1.54, 1.807) is 27.7 Å². The zero-order valence-electron chi connectivity index (χ0n) is 15.6. The van der Waals surface area contributed by atoms with Crippen molar-refractivity contribution in [1.29, 1.82) is 0 Å². The SMILES string of the molecule is CCN(C(=O)c1ncn(-c2ccccc2C(F)(F)F)c1C(F)(F)F)C(C)(C)C. The van der Waals surface area contributed by atoms with Crippen LogP contribution in [0.2, 0.25) is 0 Å². The summed E-state index contributed by atoms with van der Waals surface area (Å²) in [6, 6.07) is 3.82. The standard InChI is InChI=1S/C18H19F6N3O/c1-5-27(16(2,3)4)15(28)13-14(18(22,23)24)26(10-25-13)12-9-7-6-8-11(12)17(19,20)21/h6-10H,5H2,1-4H3. The molecule has 0 aliphatic rings. The third-order valence-corrected chi connectivity index (χ3v) is 4.08. The molecule has 0 radical (unpaired) electrons. The third kappa shape index (κ3) is 4.15. The molecule has 1 aromatic carbocycles. The van der Waals surface area contributed by atoms with Crippen LogP contribution >= 0.6 is 0 Å². The van der Waals surface area contributed by atoms with Crippen molar-refractivity contribution in [3.05, 3.63) is 47.5 Å². The maximum Gasteiger partial charge on any atom is 0.434 e. The number of para-hydroxylation sites is 1. The molecule has 0 saturated carbocycles. The highest BCUT2D eigenvalue weighted by molar-refractivity contribution is 5.94. The van der Waals surface area contributed by atoms with E-state index in [1.807, 2.05) is 0 Å². The first-order chi connectivity index (χ1) is 12.7. The highest BCUT2D eigenvalue weighted by Crippen LogP contribution is 2.39. The van der Waals surface area contributed by atoms with Crippen molar-refractivity contribution in [2.24, 2.45) is 0 Å². The molecule has 4 nitrogen and oxygen atoms in total. The van der Waals surface area contributed by atoms with Gasteiger partial charge in [0.1, 0.15) is 6.33 Å². The van der Waals surface area contributed by atoms with E-state index in [0.29, 0.717) is 12.4 Å². The van der Waals surface area contributed by atoms with E-state index < -0.39 is 46.4 Å². The van der Waals surface area contributed by atoms with Gasteiger partial charge in [-0.05, 0) is 39.8 Å². The van der Waals surface area contributed by atoms with Crippen LogP contribution in [0, 0.1) is 0 Å². The highest BCUT2D eigenvalue weighted by Gasteiger charge is 2.44. The minimum Gasteiger partial charge on any atom is -0.333 e. The smallest absolute Gasteiger partial charge is 0.333 e. The summed E-state index contributed by atoms with van der Waals surface area (Å²) in [4.78, 5) is 17.5. The molecule has 0 aliphatic carbocycles. The minimum atomic E-state index is -5.10. The maximum atomic E-state index is 13.8. The van der Waals surface area contributed by atoms with Crippen molar-refractivity contribution in [3.63, 3.8) is 0 Å². The van der Waals surface area contributed by atoms with Crippen LogP contribution in [0.5, 0.6) is 0 Å². The summed E-state index contributed by atoms with van der Waals surface area (Å²) in [7, 11) is 0. The average Bonchev–Trinajstić information content (AvgIpc) is 2.98. The van der Waals surface area contributed by atoms with Crippen LogP contribution < -0.4 is 0 Å². The number of amides is 1. The largest absolute Gasteiger partial charge is 0.434 e. The fourth-order valence-corrected chi connectivity index (χ4v) is 2.93. The molecule has 0 unspecified atom stereocenters. The van der Waals surface area contributed by atoms with Crippen molar-refractivity contribution in [2.45, 2.75) is 45.6 Å². The van der Waals surface area contributed by atoms with Gasteiger partial charge in [-0.25, -0.2) is 4.98 Å². The van der Waals surface area contributed by atoms with E-state index in [-0.39, 0.29) is 11.1 Å². The Kier molecular flexibility index (Phi) is 5.55. The summed E-state index contributed by atoms with van der Waals surface area (Å²) in [5, 5.41) is 0.